The number of ether oxygens (including phenoxy) is 1. The van der Waals surface area contributed by atoms with Gasteiger partial charge in [0.15, 0.2) is 0 Å². The van der Waals surface area contributed by atoms with Gasteiger partial charge < -0.3 is 10.1 Å². The lowest BCUT2D eigenvalue weighted by atomic mass is 10.1. The number of thiazole rings is 1. The highest BCUT2D eigenvalue weighted by Crippen LogP contribution is 2.26. The van der Waals surface area contributed by atoms with E-state index in [0.29, 0.717) is 6.61 Å². The van der Waals surface area contributed by atoms with Crippen LogP contribution in [0.1, 0.15) is 30.5 Å². The Morgan fingerprint density at radius 1 is 1.44 bits per heavy atom. The summed E-state index contributed by atoms with van der Waals surface area (Å²) in [5, 5.41) is 6.57. The Labute approximate surface area is 112 Å². The number of hydrogen-bond acceptors (Lipinski definition) is 4. The highest BCUT2D eigenvalue weighted by molar-refractivity contribution is 7.09. The van der Waals surface area contributed by atoms with E-state index in [2.05, 4.69) is 36.3 Å². The summed E-state index contributed by atoms with van der Waals surface area (Å²) in [4.78, 5) is 4.32. The van der Waals surface area contributed by atoms with Crippen molar-refractivity contribution in [1.29, 1.82) is 0 Å². The van der Waals surface area contributed by atoms with E-state index < -0.39 is 0 Å². The number of nitrogens with one attached hydrogen (secondary N) is 1. The molecule has 0 radical (unpaired) electrons. The number of nitrogens with zero attached hydrogens (tertiary/aromatic N) is 1. The molecule has 0 saturated carbocycles. The van der Waals surface area contributed by atoms with Gasteiger partial charge in [-0.3, -0.25) is 0 Å². The van der Waals surface area contributed by atoms with Crippen molar-refractivity contribution in [2.75, 3.05) is 11.9 Å². The van der Waals surface area contributed by atoms with Gasteiger partial charge in [-0.25, -0.2) is 4.98 Å². The Bertz CT molecular complexity index is 497. The first-order valence-electron chi connectivity index (χ1n) is 6.10. The number of anilines is 1. The zero-order chi connectivity index (χ0) is 13.0. The molecular formula is C14H18N2OS. The van der Waals surface area contributed by atoms with Crippen molar-refractivity contribution in [3.05, 3.63) is 40.3 Å². The van der Waals surface area contributed by atoms with Crippen LogP contribution in [0.5, 0.6) is 5.75 Å². The summed E-state index contributed by atoms with van der Waals surface area (Å²) >= 11 is 1.67. The van der Waals surface area contributed by atoms with E-state index in [1.165, 1.54) is 5.56 Å². The molecule has 3 nitrogen and oxygen atoms in total. The van der Waals surface area contributed by atoms with Crippen molar-refractivity contribution in [3.8, 4) is 5.75 Å². The molecule has 1 heterocycles. The third kappa shape index (κ3) is 3.01. The molecule has 1 aromatic carbocycles. The highest BCUT2D eigenvalue weighted by atomic mass is 32.1. The molecule has 0 spiro atoms. The largest absolute Gasteiger partial charge is 0.494 e. The molecular weight excluding hydrogens is 244 g/mol. The van der Waals surface area contributed by atoms with Crippen molar-refractivity contribution in [2.45, 2.75) is 26.8 Å². The molecule has 1 unspecified atom stereocenters. The minimum atomic E-state index is 0.224. The Balaban J connectivity index is 2.10. The maximum absolute atomic E-state index is 5.48. The summed E-state index contributed by atoms with van der Waals surface area (Å²) in [6, 6.07) is 6.33. The van der Waals surface area contributed by atoms with Gasteiger partial charge >= 0.3 is 0 Å². The van der Waals surface area contributed by atoms with Gasteiger partial charge in [-0.1, -0.05) is 0 Å². The molecule has 0 saturated heterocycles. The summed E-state index contributed by atoms with van der Waals surface area (Å²) in [5.41, 5.74) is 2.31. The molecule has 0 aliphatic rings. The van der Waals surface area contributed by atoms with Crippen LogP contribution >= 0.6 is 11.3 Å². The number of rotatable bonds is 5. The van der Waals surface area contributed by atoms with Crippen LogP contribution < -0.4 is 10.1 Å². The molecule has 4 heteroatoms. The van der Waals surface area contributed by atoms with Crippen LogP contribution in [0, 0.1) is 6.92 Å². The SMILES string of the molecule is CCOc1ccc(NC(C)c2nccs2)c(C)c1. The minimum Gasteiger partial charge on any atom is -0.494 e. The quantitative estimate of drug-likeness (QED) is 0.883. The van der Waals surface area contributed by atoms with Crippen molar-refractivity contribution >= 4 is 17.0 Å². The van der Waals surface area contributed by atoms with Crippen LogP contribution in [0.3, 0.4) is 0 Å². The van der Waals surface area contributed by atoms with Gasteiger partial charge in [0.05, 0.1) is 12.6 Å². The van der Waals surface area contributed by atoms with E-state index in [1.54, 1.807) is 11.3 Å². The first kappa shape index (κ1) is 12.9. The predicted molar refractivity (Wildman–Crippen MR) is 76.5 cm³/mol. The maximum Gasteiger partial charge on any atom is 0.119 e. The zero-order valence-corrected chi connectivity index (χ0v) is 11.8. The molecule has 18 heavy (non-hydrogen) atoms. The molecule has 1 atom stereocenters. The second kappa shape index (κ2) is 5.87. The second-order valence-electron chi connectivity index (χ2n) is 4.15. The van der Waals surface area contributed by atoms with Crippen molar-refractivity contribution in [2.24, 2.45) is 0 Å². The highest BCUT2D eigenvalue weighted by Gasteiger charge is 2.09. The lowest BCUT2D eigenvalue weighted by Gasteiger charge is -2.15. The average molecular weight is 262 g/mol. The molecule has 0 aliphatic carbocycles. The van der Waals surface area contributed by atoms with Crippen LogP contribution in [0.25, 0.3) is 0 Å². The number of aromatic nitrogens is 1. The standard InChI is InChI=1S/C14H18N2OS/c1-4-17-12-5-6-13(10(2)9-12)16-11(3)14-15-7-8-18-14/h5-9,11,16H,4H2,1-3H3. The van der Waals surface area contributed by atoms with E-state index in [9.17, 15) is 0 Å². The first-order valence-corrected chi connectivity index (χ1v) is 6.98. The summed E-state index contributed by atoms with van der Waals surface area (Å²) < 4.78 is 5.48. The van der Waals surface area contributed by atoms with Gasteiger partial charge in [0.25, 0.3) is 0 Å². The summed E-state index contributed by atoms with van der Waals surface area (Å²) in [6.07, 6.45) is 1.84. The topological polar surface area (TPSA) is 34.1 Å². The third-order valence-electron chi connectivity index (χ3n) is 2.70. The lowest BCUT2D eigenvalue weighted by molar-refractivity contribution is 0.340. The van der Waals surface area contributed by atoms with Gasteiger partial charge in [-0.2, -0.15) is 0 Å². The van der Waals surface area contributed by atoms with E-state index >= 15 is 0 Å². The smallest absolute Gasteiger partial charge is 0.119 e. The molecule has 2 rings (SSSR count). The molecule has 2 aromatic rings. The number of benzene rings is 1. The molecule has 0 fully saturated rings. The fourth-order valence-electron chi connectivity index (χ4n) is 1.80. The predicted octanol–water partition coefficient (Wildman–Crippen LogP) is 4.02. The van der Waals surface area contributed by atoms with Crippen LogP contribution in [0.15, 0.2) is 29.8 Å². The molecule has 0 bridgehead atoms. The molecule has 1 N–H and O–H groups in total. The van der Waals surface area contributed by atoms with Crippen LogP contribution in [0.2, 0.25) is 0 Å². The van der Waals surface area contributed by atoms with Gasteiger partial charge in [0.1, 0.15) is 10.8 Å². The van der Waals surface area contributed by atoms with Crippen LogP contribution in [0.4, 0.5) is 5.69 Å². The third-order valence-corrected chi connectivity index (χ3v) is 3.66. The Hall–Kier alpha value is -1.55. The summed E-state index contributed by atoms with van der Waals surface area (Å²) in [6.45, 7) is 6.89. The van der Waals surface area contributed by atoms with E-state index in [4.69, 9.17) is 4.74 Å². The van der Waals surface area contributed by atoms with Gasteiger partial charge in [-0.15, -0.1) is 11.3 Å². The Kier molecular flexibility index (Phi) is 4.20. The summed E-state index contributed by atoms with van der Waals surface area (Å²) in [5.74, 6) is 0.919. The molecule has 0 amide bonds. The molecule has 0 aliphatic heterocycles. The van der Waals surface area contributed by atoms with E-state index in [1.807, 2.05) is 24.6 Å². The van der Waals surface area contributed by atoms with E-state index in [-0.39, 0.29) is 6.04 Å². The maximum atomic E-state index is 5.48. The molecule has 1 aromatic heterocycles. The van der Waals surface area contributed by atoms with Crippen molar-refractivity contribution in [1.82, 2.24) is 4.98 Å². The van der Waals surface area contributed by atoms with Gasteiger partial charge in [0.2, 0.25) is 0 Å². The normalized spacial score (nSPS) is 12.2. The minimum absolute atomic E-state index is 0.224. The second-order valence-corrected chi connectivity index (χ2v) is 5.07. The summed E-state index contributed by atoms with van der Waals surface area (Å²) in [7, 11) is 0. The van der Waals surface area contributed by atoms with Crippen LogP contribution in [-0.4, -0.2) is 11.6 Å². The van der Waals surface area contributed by atoms with Crippen LogP contribution in [-0.2, 0) is 0 Å². The zero-order valence-electron chi connectivity index (χ0n) is 10.9. The number of aryl methyl sites for hydroxylation is 1. The number of hydrogen-bond donors (Lipinski definition) is 1. The lowest BCUT2D eigenvalue weighted by Crippen LogP contribution is -2.07. The van der Waals surface area contributed by atoms with Crippen molar-refractivity contribution in [3.63, 3.8) is 0 Å². The first-order chi connectivity index (χ1) is 8.70. The average Bonchev–Trinajstić information content (AvgIpc) is 2.86. The van der Waals surface area contributed by atoms with Gasteiger partial charge in [0, 0.05) is 17.3 Å². The fourth-order valence-corrected chi connectivity index (χ4v) is 2.44. The Morgan fingerprint density at radius 2 is 2.28 bits per heavy atom. The van der Waals surface area contributed by atoms with E-state index in [0.717, 1.165) is 16.4 Å². The van der Waals surface area contributed by atoms with Crippen molar-refractivity contribution < 1.29 is 4.74 Å². The fraction of sp³-hybridized carbons (Fsp3) is 0.357. The monoisotopic (exact) mass is 262 g/mol. The molecule has 96 valence electrons. The Morgan fingerprint density at radius 3 is 2.89 bits per heavy atom. The van der Waals surface area contributed by atoms with Gasteiger partial charge in [-0.05, 0) is 44.5 Å².